The number of halogens is 4. The average molecular weight is 182 g/mol. The first-order chi connectivity index (χ1) is 3.56. The maximum Gasteiger partial charge on any atom is 1.00 e. The van der Waals surface area contributed by atoms with Crippen molar-refractivity contribution in [2.24, 2.45) is 0 Å². The summed E-state index contributed by atoms with van der Waals surface area (Å²) in [4.78, 5) is 0. The van der Waals surface area contributed by atoms with Crippen LogP contribution in [0.4, 0.5) is 12.9 Å². The summed E-state index contributed by atoms with van der Waals surface area (Å²) in [5.41, 5.74) is 0. The zero-order valence-electron chi connectivity index (χ0n) is 4.95. The fourth-order valence-electron chi connectivity index (χ4n) is 0.206. The molecule has 0 saturated heterocycles. The normalized spacial score (nSPS) is 11.6. The molecule has 0 N–H and O–H groups in total. The molecule has 0 amide bonds. The minimum absolute atomic E-state index is 0. The second-order valence-electron chi connectivity index (χ2n) is 1.21. The number of rotatable bonds is 2. The predicted octanol–water partition coefficient (Wildman–Crippen LogP) is -0.828. The third-order valence-electron chi connectivity index (χ3n) is 0.443. The predicted molar refractivity (Wildman–Crippen MR) is 28.9 cm³/mol. The zero-order valence-corrected chi connectivity index (χ0v) is 8.83. The summed E-state index contributed by atoms with van der Waals surface area (Å²) in [6.07, 6.45) is 0.877. The Morgan fingerprint density at radius 2 is 1.78 bits per heavy atom. The van der Waals surface area contributed by atoms with Crippen molar-refractivity contribution in [3.8, 4) is 0 Å². The minimum atomic E-state index is -4.77. The van der Waals surface area contributed by atoms with Gasteiger partial charge < -0.3 is 12.9 Å². The van der Waals surface area contributed by atoms with Gasteiger partial charge in [-0.25, -0.2) is 0 Å². The van der Waals surface area contributed by atoms with Gasteiger partial charge >= 0.3 is 58.4 Å². The molecule has 0 spiro atoms. The van der Waals surface area contributed by atoms with E-state index in [9.17, 15) is 12.9 Å². The van der Waals surface area contributed by atoms with E-state index in [1.165, 1.54) is 0 Å². The van der Waals surface area contributed by atoms with Gasteiger partial charge in [0.05, 0.1) is 0 Å². The van der Waals surface area contributed by atoms with Crippen molar-refractivity contribution in [3.05, 3.63) is 12.1 Å². The number of alkyl halides is 1. The summed E-state index contributed by atoms with van der Waals surface area (Å²) < 4.78 is 33.5. The molecular formula is C3H4BClF3K. The van der Waals surface area contributed by atoms with Crippen molar-refractivity contribution in [1.29, 1.82) is 0 Å². The standard InChI is InChI=1S/C3H4BClF3.K/c5-3-1-2-4(6,7)8;/h1-2H,3H2;/q-1;+1/b2-1+;. The molecular weight excluding hydrogens is 178 g/mol. The quantitative estimate of drug-likeness (QED) is 0.386. The van der Waals surface area contributed by atoms with Crippen LogP contribution in [0.1, 0.15) is 0 Å². The summed E-state index contributed by atoms with van der Waals surface area (Å²) in [7, 11) is 0. The third kappa shape index (κ3) is 12.7. The van der Waals surface area contributed by atoms with Gasteiger partial charge in [-0.1, -0.05) is 0 Å². The summed E-state index contributed by atoms with van der Waals surface area (Å²) in [6.45, 7) is -4.77. The topological polar surface area (TPSA) is 0 Å². The monoisotopic (exact) mass is 182 g/mol. The maximum atomic E-state index is 11.2. The molecule has 0 radical (unpaired) electrons. The van der Waals surface area contributed by atoms with Gasteiger partial charge in [-0.15, -0.1) is 23.7 Å². The minimum Gasteiger partial charge on any atom is -0.445 e. The Labute approximate surface area is 99.3 Å². The van der Waals surface area contributed by atoms with E-state index in [1.807, 2.05) is 0 Å². The molecule has 0 bridgehead atoms. The number of hydrogen-bond acceptors (Lipinski definition) is 0. The van der Waals surface area contributed by atoms with Gasteiger partial charge in [-0.2, -0.15) is 0 Å². The Morgan fingerprint density at radius 3 is 1.89 bits per heavy atom. The van der Waals surface area contributed by atoms with Crippen molar-refractivity contribution in [3.63, 3.8) is 0 Å². The molecule has 0 rings (SSSR count). The van der Waals surface area contributed by atoms with Crippen molar-refractivity contribution in [2.75, 3.05) is 5.88 Å². The van der Waals surface area contributed by atoms with E-state index < -0.39 is 6.98 Å². The van der Waals surface area contributed by atoms with E-state index in [4.69, 9.17) is 11.6 Å². The molecule has 0 unspecified atom stereocenters. The van der Waals surface area contributed by atoms with Crippen LogP contribution in [-0.2, 0) is 0 Å². The Kier molecular flexibility index (Phi) is 9.12. The molecule has 0 aromatic carbocycles. The van der Waals surface area contributed by atoms with Crippen molar-refractivity contribution < 1.29 is 64.3 Å². The van der Waals surface area contributed by atoms with E-state index in [1.54, 1.807) is 0 Å². The first kappa shape index (κ1) is 13.1. The molecule has 0 aromatic heterocycles. The van der Waals surface area contributed by atoms with Gasteiger partial charge in [-0.05, 0) is 0 Å². The van der Waals surface area contributed by atoms with Gasteiger partial charge in [0.2, 0.25) is 0 Å². The molecule has 0 nitrogen and oxygen atoms in total. The fraction of sp³-hybridized carbons (Fsp3) is 0.333. The molecule has 6 heteroatoms. The van der Waals surface area contributed by atoms with Crippen molar-refractivity contribution in [2.45, 2.75) is 0 Å². The fourth-order valence-corrected chi connectivity index (χ4v) is 0.309. The maximum absolute atomic E-state index is 11.2. The Hall–Kier alpha value is 1.52. The molecule has 0 aromatic rings. The molecule has 0 heterocycles. The van der Waals surface area contributed by atoms with Crippen LogP contribution in [0.5, 0.6) is 0 Å². The molecule has 0 fully saturated rings. The first-order valence-electron chi connectivity index (χ1n) is 2.00. The van der Waals surface area contributed by atoms with Crippen LogP contribution in [-0.4, -0.2) is 12.9 Å². The van der Waals surface area contributed by atoms with Gasteiger partial charge in [-0.3, -0.25) is 0 Å². The summed E-state index contributed by atoms with van der Waals surface area (Å²) >= 11 is 4.93. The van der Waals surface area contributed by atoms with E-state index in [0.29, 0.717) is 0 Å². The van der Waals surface area contributed by atoms with Gasteiger partial charge in [0.25, 0.3) is 0 Å². The van der Waals surface area contributed by atoms with Crippen LogP contribution in [0, 0.1) is 0 Å². The third-order valence-corrected chi connectivity index (χ3v) is 0.622. The smallest absolute Gasteiger partial charge is 0.445 e. The van der Waals surface area contributed by atoms with E-state index in [-0.39, 0.29) is 63.2 Å². The van der Waals surface area contributed by atoms with E-state index >= 15 is 0 Å². The first-order valence-corrected chi connectivity index (χ1v) is 2.53. The number of hydrogen-bond donors (Lipinski definition) is 0. The summed E-state index contributed by atoms with van der Waals surface area (Å²) in [6, 6.07) is 0. The van der Waals surface area contributed by atoms with Crippen LogP contribution in [0.2, 0.25) is 0 Å². The molecule has 9 heavy (non-hydrogen) atoms. The second-order valence-corrected chi connectivity index (χ2v) is 1.52. The zero-order chi connectivity index (χ0) is 6.62. The second kappa shape index (κ2) is 6.25. The SMILES string of the molecule is F[B-](F)(F)/C=C/CCl.[K+]. The average Bonchev–Trinajstić information content (AvgIpc) is 1.59. The Balaban J connectivity index is 0. The Bertz CT molecular complexity index is 91.5. The van der Waals surface area contributed by atoms with Crippen molar-refractivity contribution in [1.82, 2.24) is 0 Å². The molecule has 48 valence electrons. The summed E-state index contributed by atoms with van der Waals surface area (Å²) in [5.74, 6) is 0.0915. The van der Waals surface area contributed by atoms with Crippen LogP contribution in [0.15, 0.2) is 12.1 Å². The number of allylic oxidation sites excluding steroid dienone is 1. The van der Waals surface area contributed by atoms with Crippen LogP contribution < -0.4 is 51.4 Å². The van der Waals surface area contributed by atoms with Gasteiger partial charge in [0, 0.05) is 5.88 Å². The molecule has 0 aliphatic rings. The van der Waals surface area contributed by atoms with Crippen LogP contribution in [0.3, 0.4) is 0 Å². The Morgan fingerprint density at radius 1 is 1.33 bits per heavy atom. The summed E-state index contributed by atoms with van der Waals surface area (Å²) in [5, 5.41) is 0. The van der Waals surface area contributed by atoms with E-state index in [0.717, 1.165) is 6.08 Å². The van der Waals surface area contributed by atoms with Gasteiger partial charge in [0.15, 0.2) is 0 Å². The largest absolute Gasteiger partial charge is 1.00 e. The van der Waals surface area contributed by atoms with Crippen LogP contribution in [0.25, 0.3) is 0 Å². The molecule has 0 atom stereocenters. The molecule has 0 aliphatic carbocycles. The molecule has 0 saturated carbocycles. The van der Waals surface area contributed by atoms with Crippen LogP contribution >= 0.6 is 11.6 Å². The van der Waals surface area contributed by atoms with Crippen molar-refractivity contribution >= 4 is 18.6 Å². The van der Waals surface area contributed by atoms with E-state index in [2.05, 4.69) is 0 Å². The molecule has 0 aliphatic heterocycles. The van der Waals surface area contributed by atoms with Gasteiger partial charge in [0.1, 0.15) is 0 Å².